The number of rotatable bonds is 8. The second kappa shape index (κ2) is 11.6. The van der Waals surface area contributed by atoms with Gasteiger partial charge < -0.3 is 19.7 Å². The first-order valence-corrected chi connectivity index (χ1v) is 12.6. The minimum Gasteiger partial charge on any atom is -0.462 e. The molecule has 1 aliphatic heterocycles. The number of hydrogen-bond acceptors (Lipinski definition) is 5. The first-order valence-electron chi connectivity index (χ1n) is 12.6. The summed E-state index contributed by atoms with van der Waals surface area (Å²) in [6.45, 7) is 3.98. The molecule has 7 nitrogen and oxygen atoms in total. The zero-order chi connectivity index (χ0) is 28.3. The van der Waals surface area contributed by atoms with Crippen molar-refractivity contribution >= 4 is 11.9 Å². The summed E-state index contributed by atoms with van der Waals surface area (Å²) in [6.07, 6.45) is -6.07. The van der Waals surface area contributed by atoms with Crippen molar-refractivity contribution in [3.63, 3.8) is 0 Å². The standard InChI is InChI=1S/C28H29F4N3O4/c1-16(2)25-24(27(38)33-15-17-6-4-3-5-7-17)34-26(18-8-9-22(29)21(12-18)28(30,31)32)35(25)11-10-20-13-19(36)14-23(37)39-20/h3-9,12,16,19-20,36H,10-11,13-15H2,1-2H3,(H,33,38)/t19-,20-/m1/s1. The number of imidazole rings is 1. The Hall–Kier alpha value is -3.73. The molecule has 0 bridgehead atoms. The molecule has 39 heavy (non-hydrogen) atoms. The molecule has 1 amide bonds. The van der Waals surface area contributed by atoms with E-state index in [0.29, 0.717) is 11.8 Å². The van der Waals surface area contributed by atoms with Gasteiger partial charge in [0, 0.05) is 31.5 Å². The Kier molecular flexibility index (Phi) is 8.39. The SMILES string of the molecule is CC(C)c1c(C(=O)NCc2ccccc2)nc(-c2ccc(F)c(C(F)(F)F)c2)n1CC[C@@H]1C[C@@H](O)CC(=O)O1. The van der Waals surface area contributed by atoms with Crippen molar-refractivity contribution in [1.29, 1.82) is 0 Å². The number of aliphatic hydroxyl groups excluding tert-OH is 1. The largest absolute Gasteiger partial charge is 0.462 e. The highest BCUT2D eigenvalue weighted by atomic mass is 19.4. The van der Waals surface area contributed by atoms with E-state index in [0.717, 1.165) is 11.6 Å². The fourth-order valence-electron chi connectivity index (χ4n) is 4.72. The second-order valence-electron chi connectivity index (χ2n) is 9.83. The molecule has 0 unspecified atom stereocenters. The number of alkyl halides is 3. The van der Waals surface area contributed by atoms with E-state index in [-0.39, 0.29) is 55.4 Å². The van der Waals surface area contributed by atoms with Crippen LogP contribution in [0, 0.1) is 5.82 Å². The van der Waals surface area contributed by atoms with Gasteiger partial charge in [-0.2, -0.15) is 13.2 Å². The zero-order valence-electron chi connectivity index (χ0n) is 21.5. The number of ether oxygens (including phenoxy) is 1. The minimum atomic E-state index is -4.93. The smallest absolute Gasteiger partial charge is 0.419 e. The molecule has 2 aromatic carbocycles. The van der Waals surface area contributed by atoms with Gasteiger partial charge in [-0.15, -0.1) is 0 Å². The van der Waals surface area contributed by atoms with Crippen LogP contribution >= 0.6 is 0 Å². The van der Waals surface area contributed by atoms with Crippen LogP contribution in [-0.4, -0.2) is 38.7 Å². The average Bonchev–Trinajstić information content (AvgIpc) is 3.25. The molecule has 0 radical (unpaired) electrons. The predicted octanol–water partition coefficient (Wildman–Crippen LogP) is 5.22. The third-order valence-electron chi connectivity index (χ3n) is 6.50. The minimum absolute atomic E-state index is 0.0200. The third-order valence-corrected chi connectivity index (χ3v) is 6.50. The first kappa shape index (κ1) is 28.3. The van der Waals surface area contributed by atoms with E-state index in [1.165, 1.54) is 6.07 Å². The van der Waals surface area contributed by atoms with Crippen LogP contribution in [0.25, 0.3) is 11.4 Å². The first-order chi connectivity index (χ1) is 18.4. The van der Waals surface area contributed by atoms with Gasteiger partial charge >= 0.3 is 12.1 Å². The Balaban J connectivity index is 1.75. The maximum Gasteiger partial charge on any atom is 0.419 e. The quantitative estimate of drug-likeness (QED) is 0.298. The molecule has 0 spiro atoms. The van der Waals surface area contributed by atoms with Crippen LogP contribution in [0.15, 0.2) is 48.5 Å². The molecule has 4 rings (SSSR count). The molecule has 2 N–H and O–H groups in total. The lowest BCUT2D eigenvalue weighted by Gasteiger charge is -2.26. The molecule has 0 aliphatic carbocycles. The van der Waals surface area contributed by atoms with Crippen molar-refractivity contribution < 1.29 is 37.0 Å². The van der Waals surface area contributed by atoms with Crippen molar-refractivity contribution in [2.24, 2.45) is 0 Å². The van der Waals surface area contributed by atoms with E-state index >= 15 is 0 Å². The van der Waals surface area contributed by atoms with E-state index in [4.69, 9.17) is 4.74 Å². The number of nitrogens with zero attached hydrogens (tertiary/aromatic N) is 2. The van der Waals surface area contributed by atoms with Gasteiger partial charge in [0.05, 0.1) is 23.8 Å². The number of esters is 1. The number of aromatic nitrogens is 2. The van der Waals surface area contributed by atoms with Gasteiger partial charge in [-0.05, 0) is 29.7 Å². The normalized spacial score (nSPS) is 17.8. The maximum absolute atomic E-state index is 14.1. The summed E-state index contributed by atoms with van der Waals surface area (Å²) in [4.78, 5) is 29.6. The fourth-order valence-corrected chi connectivity index (χ4v) is 4.72. The number of benzene rings is 2. The lowest BCUT2D eigenvalue weighted by Crippen LogP contribution is -2.33. The lowest BCUT2D eigenvalue weighted by molar-refractivity contribution is -0.160. The molecular weight excluding hydrogens is 518 g/mol. The number of nitrogens with one attached hydrogen (secondary N) is 1. The van der Waals surface area contributed by atoms with Gasteiger partial charge in [0.15, 0.2) is 0 Å². The Labute approximate surface area is 222 Å². The molecule has 1 aromatic heterocycles. The number of hydrogen-bond donors (Lipinski definition) is 2. The van der Waals surface area contributed by atoms with Crippen molar-refractivity contribution in [2.75, 3.05) is 0 Å². The predicted molar refractivity (Wildman–Crippen MR) is 134 cm³/mol. The van der Waals surface area contributed by atoms with Gasteiger partial charge in [-0.25, -0.2) is 9.37 Å². The van der Waals surface area contributed by atoms with Crippen LogP contribution in [0.3, 0.4) is 0 Å². The highest BCUT2D eigenvalue weighted by molar-refractivity contribution is 5.94. The average molecular weight is 548 g/mol. The van der Waals surface area contributed by atoms with Gasteiger partial charge in [-0.1, -0.05) is 44.2 Å². The van der Waals surface area contributed by atoms with Crippen LogP contribution in [0.2, 0.25) is 0 Å². The van der Waals surface area contributed by atoms with E-state index in [1.807, 2.05) is 44.2 Å². The Morgan fingerprint density at radius 1 is 1.21 bits per heavy atom. The summed E-state index contributed by atoms with van der Waals surface area (Å²) in [5.74, 6) is -2.69. The summed E-state index contributed by atoms with van der Waals surface area (Å²) in [7, 11) is 0. The zero-order valence-corrected chi connectivity index (χ0v) is 21.5. The number of amides is 1. The van der Waals surface area contributed by atoms with E-state index in [9.17, 15) is 32.3 Å². The van der Waals surface area contributed by atoms with Crippen molar-refractivity contribution in [3.05, 3.63) is 76.9 Å². The van der Waals surface area contributed by atoms with Gasteiger partial charge in [0.25, 0.3) is 5.91 Å². The molecule has 1 fully saturated rings. The summed E-state index contributed by atoms with van der Waals surface area (Å²) < 4.78 is 61.5. The molecule has 1 aliphatic rings. The summed E-state index contributed by atoms with van der Waals surface area (Å²) in [6, 6.07) is 11.8. The Morgan fingerprint density at radius 3 is 2.56 bits per heavy atom. The summed E-state index contributed by atoms with van der Waals surface area (Å²) >= 11 is 0. The maximum atomic E-state index is 14.1. The molecule has 2 heterocycles. The van der Waals surface area contributed by atoms with Crippen LogP contribution in [0.1, 0.15) is 66.3 Å². The van der Waals surface area contributed by atoms with Gasteiger partial charge in [0.1, 0.15) is 23.4 Å². The molecule has 208 valence electrons. The molecule has 2 atom stereocenters. The number of halogens is 4. The monoisotopic (exact) mass is 547 g/mol. The number of aliphatic hydroxyl groups is 1. The summed E-state index contributed by atoms with van der Waals surface area (Å²) in [5, 5.41) is 12.8. The van der Waals surface area contributed by atoms with Crippen molar-refractivity contribution in [3.8, 4) is 11.4 Å². The van der Waals surface area contributed by atoms with Crippen LogP contribution in [-0.2, 0) is 28.8 Å². The van der Waals surface area contributed by atoms with E-state index in [2.05, 4.69) is 10.3 Å². The molecule has 3 aromatic rings. The Bertz CT molecular complexity index is 1340. The highest BCUT2D eigenvalue weighted by Gasteiger charge is 2.35. The topological polar surface area (TPSA) is 93.5 Å². The van der Waals surface area contributed by atoms with E-state index < -0.39 is 41.6 Å². The summed E-state index contributed by atoms with van der Waals surface area (Å²) in [5.41, 5.74) is -0.110. The molecular formula is C28H29F4N3O4. The van der Waals surface area contributed by atoms with Crippen molar-refractivity contribution in [1.82, 2.24) is 14.9 Å². The van der Waals surface area contributed by atoms with Crippen molar-refractivity contribution in [2.45, 2.75) is 70.5 Å². The van der Waals surface area contributed by atoms with Gasteiger partial charge in [-0.3, -0.25) is 9.59 Å². The van der Waals surface area contributed by atoms with E-state index in [1.54, 1.807) is 4.57 Å². The second-order valence-corrected chi connectivity index (χ2v) is 9.83. The molecule has 11 heteroatoms. The number of carbonyl (C=O) groups excluding carboxylic acids is 2. The van der Waals surface area contributed by atoms with Crippen LogP contribution < -0.4 is 5.32 Å². The van der Waals surface area contributed by atoms with Crippen LogP contribution in [0.5, 0.6) is 0 Å². The fraction of sp³-hybridized carbons (Fsp3) is 0.393. The Morgan fingerprint density at radius 2 is 1.92 bits per heavy atom. The number of cyclic esters (lactones) is 1. The number of carbonyl (C=O) groups is 2. The van der Waals surface area contributed by atoms with Crippen LogP contribution in [0.4, 0.5) is 17.6 Å². The molecule has 0 saturated carbocycles. The third kappa shape index (κ3) is 6.65. The molecule has 1 saturated heterocycles. The lowest BCUT2D eigenvalue weighted by atomic mass is 10.0. The highest BCUT2D eigenvalue weighted by Crippen LogP contribution is 2.36. The van der Waals surface area contributed by atoms with Gasteiger partial charge in [0.2, 0.25) is 0 Å².